The normalized spacial score (nSPS) is 10.5. The van der Waals surface area contributed by atoms with Crippen LogP contribution in [-0.2, 0) is 6.42 Å². The van der Waals surface area contributed by atoms with Gasteiger partial charge in [0.15, 0.2) is 0 Å². The van der Waals surface area contributed by atoms with Crippen LogP contribution in [0, 0.1) is 20.8 Å². The van der Waals surface area contributed by atoms with Crippen molar-refractivity contribution in [3.05, 3.63) is 76.7 Å². The molecule has 2 aromatic carbocycles. The summed E-state index contributed by atoms with van der Waals surface area (Å²) in [6, 6.07) is 15.7. The number of aromatic nitrogens is 2. The van der Waals surface area contributed by atoms with E-state index in [9.17, 15) is 4.79 Å². The summed E-state index contributed by atoms with van der Waals surface area (Å²) in [5.74, 6) is 1.73. The molecule has 0 radical (unpaired) electrons. The number of aryl methyl sites for hydroxylation is 3. The minimum Gasteiger partial charge on any atom is -0.497 e. The van der Waals surface area contributed by atoms with E-state index in [1.54, 1.807) is 20.1 Å². The summed E-state index contributed by atoms with van der Waals surface area (Å²) in [4.78, 5) is 21.3. The Bertz CT molecular complexity index is 1020. The second-order valence-electron chi connectivity index (χ2n) is 6.99. The van der Waals surface area contributed by atoms with Crippen LogP contribution in [0.4, 0.5) is 11.5 Å². The number of hydrogen-bond donors (Lipinski definition) is 2. The van der Waals surface area contributed by atoms with E-state index in [4.69, 9.17) is 4.74 Å². The van der Waals surface area contributed by atoms with Gasteiger partial charge in [0.2, 0.25) is 0 Å². The molecule has 0 saturated carbocycles. The van der Waals surface area contributed by atoms with Crippen molar-refractivity contribution in [1.29, 1.82) is 0 Å². The third kappa shape index (κ3) is 5.54. The number of ether oxygens (including phenoxy) is 1. The third-order valence-corrected chi connectivity index (χ3v) is 4.56. The number of rotatable bonds is 7. The number of benzene rings is 2. The first kappa shape index (κ1) is 20.3. The lowest BCUT2D eigenvalue weighted by molar-refractivity contribution is 0.0949. The Morgan fingerprint density at radius 2 is 1.86 bits per heavy atom. The summed E-state index contributed by atoms with van der Waals surface area (Å²) in [7, 11) is 1.64. The van der Waals surface area contributed by atoms with Gasteiger partial charge >= 0.3 is 0 Å². The van der Waals surface area contributed by atoms with Gasteiger partial charge in [-0.3, -0.25) is 4.79 Å². The summed E-state index contributed by atoms with van der Waals surface area (Å²) in [6.45, 7) is 6.36. The predicted octanol–water partition coefficient (Wildman–Crippen LogP) is 4.13. The van der Waals surface area contributed by atoms with Gasteiger partial charge in [0, 0.05) is 18.3 Å². The lowest BCUT2D eigenvalue weighted by Gasteiger charge is -2.12. The smallest absolute Gasteiger partial charge is 0.270 e. The SMILES string of the molecule is COc1cccc(CCNC(=O)c2cc(Nc3cc(C)ccc3C)nc(C)n2)c1. The summed E-state index contributed by atoms with van der Waals surface area (Å²) in [5.41, 5.74) is 4.67. The van der Waals surface area contributed by atoms with Gasteiger partial charge in [0.05, 0.1) is 7.11 Å². The van der Waals surface area contributed by atoms with Gasteiger partial charge in [-0.15, -0.1) is 0 Å². The highest BCUT2D eigenvalue weighted by molar-refractivity contribution is 5.93. The molecular formula is C23H26N4O2. The number of hydrogen-bond acceptors (Lipinski definition) is 5. The molecule has 1 amide bonds. The van der Waals surface area contributed by atoms with Crippen molar-refractivity contribution in [2.24, 2.45) is 0 Å². The first-order valence-electron chi connectivity index (χ1n) is 9.55. The van der Waals surface area contributed by atoms with E-state index in [0.717, 1.165) is 28.1 Å². The van der Waals surface area contributed by atoms with Crippen LogP contribution in [-0.4, -0.2) is 29.5 Å². The molecular weight excluding hydrogens is 364 g/mol. The Balaban J connectivity index is 1.66. The first-order chi connectivity index (χ1) is 13.9. The Kier molecular flexibility index (Phi) is 6.44. The number of anilines is 2. The van der Waals surface area contributed by atoms with Crippen molar-refractivity contribution in [3.8, 4) is 5.75 Å². The van der Waals surface area contributed by atoms with E-state index in [2.05, 4.69) is 38.8 Å². The number of methoxy groups -OCH3 is 1. The van der Waals surface area contributed by atoms with E-state index >= 15 is 0 Å². The molecule has 6 nitrogen and oxygen atoms in total. The zero-order valence-electron chi connectivity index (χ0n) is 17.2. The molecule has 0 aliphatic heterocycles. The molecule has 2 N–H and O–H groups in total. The van der Waals surface area contributed by atoms with Gasteiger partial charge in [0.25, 0.3) is 5.91 Å². The van der Waals surface area contributed by atoms with Crippen LogP contribution in [0.5, 0.6) is 5.75 Å². The van der Waals surface area contributed by atoms with E-state index in [1.165, 1.54) is 0 Å². The maximum Gasteiger partial charge on any atom is 0.270 e. The molecule has 0 atom stereocenters. The summed E-state index contributed by atoms with van der Waals surface area (Å²) in [6.07, 6.45) is 0.709. The first-order valence-corrected chi connectivity index (χ1v) is 9.55. The molecule has 1 heterocycles. The molecule has 3 rings (SSSR count). The number of carbonyl (C=O) groups excluding carboxylic acids is 1. The zero-order chi connectivity index (χ0) is 20.8. The van der Waals surface area contributed by atoms with E-state index in [-0.39, 0.29) is 5.91 Å². The van der Waals surface area contributed by atoms with Crippen molar-refractivity contribution < 1.29 is 9.53 Å². The predicted molar refractivity (Wildman–Crippen MR) is 115 cm³/mol. The lowest BCUT2D eigenvalue weighted by atomic mass is 10.1. The molecule has 0 aliphatic rings. The molecule has 0 aliphatic carbocycles. The lowest BCUT2D eigenvalue weighted by Crippen LogP contribution is -2.27. The number of nitrogens with one attached hydrogen (secondary N) is 2. The summed E-state index contributed by atoms with van der Waals surface area (Å²) in [5, 5.41) is 6.22. The standard InChI is InChI=1S/C23H26N4O2/c1-15-8-9-16(2)20(12-15)27-22-14-21(25-17(3)26-22)23(28)24-11-10-18-6-5-7-19(13-18)29-4/h5-9,12-14H,10-11H2,1-4H3,(H,24,28)(H,25,26,27). The second-order valence-corrected chi connectivity index (χ2v) is 6.99. The van der Waals surface area contributed by atoms with Gasteiger partial charge < -0.3 is 15.4 Å². The van der Waals surface area contributed by atoms with Crippen LogP contribution in [0.3, 0.4) is 0 Å². The highest BCUT2D eigenvalue weighted by atomic mass is 16.5. The van der Waals surface area contributed by atoms with Crippen LogP contribution in [0.15, 0.2) is 48.5 Å². The Morgan fingerprint density at radius 1 is 1.03 bits per heavy atom. The molecule has 0 spiro atoms. The molecule has 0 unspecified atom stereocenters. The fourth-order valence-corrected chi connectivity index (χ4v) is 3.00. The summed E-state index contributed by atoms with van der Waals surface area (Å²) >= 11 is 0. The number of nitrogens with zero attached hydrogens (tertiary/aromatic N) is 2. The Hall–Kier alpha value is -3.41. The van der Waals surface area contributed by atoms with Crippen molar-refractivity contribution in [1.82, 2.24) is 15.3 Å². The highest BCUT2D eigenvalue weighted by Crippen LogP contribution is 2.21. The fraction of sp³-hybridized carbons (Fsp3) is 0.261. The van der Waals surface area contributed by atoms with E-state index in [0.29, 0.717) is 30.3 Å². The van der Waals surface area contributed by atoms with Crippen LogP contribution in [0.2, 0.25) is 0 Å². The van der Waals surface area contributed by atoms with Gasteiger partial charge in [0.1, 0.15) is 23.1 Å². The zero-order valence-corrected chi connectivity index (χ0v) is 17.2. The third-order valence-electron chi connectivity index (χ3n) is 4.56. The van der Waals surface area contributed by atoms with Crippen LogP contribution < -0.4 is 15.4 Å². The largest absolute Gasteiger partial charge is 0.497 e. The molecule has 0 saturated heterocycles. The minimum atomic E-state index is -0.220. The molecule has 150 valence electrons. The molecule has 0 fully saturated rings. The van der Waals surface area contributed by atoms with Crippen molar-refractivity contribution >= 4 is 17.4 Å². The minimum absolute atomic E-state index is 0.220. The molecule has 3 aromatic rings. The highest BCUT2D eigenvalue weighted by Gasteiger charge is 2.11. The van der Waals surface area contributed by atoms with E-state index < -0.39 is 0 Å². The molecule has 1 aromatic heterocycles. The van der Waals surface area contributed by atoms with Crippen LogP contribution in [0.25, 0.3) is 0 Å². The average molecular weight is 390 g/mol. The topological polar surface area (TPSA) is 76.1 Å². The van der Waals surface area contributed by atoms with Crippen molar-refractivity contribution in [3.63, 3.8) is 0 Å². The maximum absolute atomic E-state index is 12.6. The summed E-state index contributed by atoms with van der Waals surface area (Å²) < 4.78 is 5.23. The van der Waals surface area contributed by atoms with Crippen molar-refractivity contribution in [2.75, 3.05) is 19.0 Å². The second kappa shape index (κ2) is 9.19. The van der Waals surface area contributed by atoms with Crippen LogP contribution in [0.1, 0.15) is 33.0 Å². The van der Waals surface area contributed by atoms with E-state index in [1.807, 2.05) is 38.1 Å². The molecule has 6 heteroatoms. The van der Waals surface area contributed by atoms with Gasteiger partial charge in [-0.1, -0.05) is 24.3 Å². The molecule has 29 heavy (non-hydrogen) atoms. The van der Waals surface area contributed by atoms with Gasteiger partial charge in [-0.05, 0) is 62.1 Å². The maximum atomic E-state index is 12.6. The fourth-order valence-electron chi connectivity index (χ4n) is 3.00. The van der Waals surface area contributed by atoms with Crippen LogP contribution >= 0.6 is 0 Å². The number of carbonyl (C=O) groups is 1. The molecule has 0 bridgehead atoms. The Morgan fingerprint density at radius 3 is 2.66 bits per heavy atom. The number of amides is 1. The van der Waals surface area contributed by atoms with Crippen molar-refractivity contribution in [2.45, 2.75) is 27.2 Å². The van der Waals surface area contributed by atoms with Gasteiger partial charge in [-0.2, -0.15) is 0 Å². The Labute approximate surface area is 171 Å². The monoisotopic (exact) mass is 390 g/mol. The van der Waals surface area contributed by atoms with Gasteiger partial charge in [-0.25, -0.2) is 9.97 Å². The quantitative estimate of drug-likeness (QED) is 0.634. The average Bonchev–Trinajstić information content (AvgIpc) is 2.70.